The van der Waals surface area contributed by atoms with Crippen LogP contribution in [-0.4, -0.2) is 24.7 Å². The predicted molar refractivity (Wildman–Crippen MR) is 72.5 cm³/mol. The van der Waals surface area contributed by atoms with E-state index in [-0.39, 0.29) is 11.9 Å². The minimum Gasteiger partial charge on any atom is -0.380 e. The van der Waals surface area contributed by atoms with Crippen molar-refractivity contribution in [1.29, 1.82) is 0 Å². The second-order valence-electron chi connectivity index (χ2n) is 3.97. The summed E-state index contributed by atoms with van der Waals surface area (Å²) in [6.07, 6.45) is 0.142. The summed E-state index contributed by atoms with van der Waals surface area (Å²) in [7, 11) is 1.68. The molecule has 2 aromatic rings. The fraction of sp³-hybridized carbons (Fsp3) is 0.308. The normalized spacial score (nSPS) is 12.4. The zero-order chi connectivity index (χ0) is 13.0. The molecule has 0 bridgehead atoms. The fourth-order valence-electron chi connectivity index (χ4n) is 1.42. The highest BCUT2D eigenvalue weighted by atomic mass is 32.1. The van der Waals surface area contributed by atoms with Gasteiger partial charge in [-0.1, -0.05) is 0 Å². The van der Waals surface area contributed by atoms with Crippen LogP contribution in [0.25, 0.3) is 11.3 Å². The van der Waals surface area contributed by atoms with Gasteiger partial charge in [-0.05, 0) is 31.2 Å². The molecule has 0 aliphatic heterocycles. The van der Waals surface area contributed by atoms with Crippen molar-refractivity contribution in [3.05, 3.63) is 35.5 Å². The number of anilines is 1. The van der Waals surface area contributed by atoms with Crippen LogP contribution < -0.4 is 5.32 Å². The first-order chi connectivity index (χ1) is 8.69. The molecular formula is C13H15FN2OS. The summed E-state index contributed by atoms with van der Waals surface area (Å²) in [6, 6.07) is 6.33. The lowest BCUT2D eigenvalue weighted by Gasteiger charge is -2.09. The first-order valence-corrected chi connectivity index (χ1v) is 6.55. The van der Waals surface area contributed by atoms with Gasteiger partial charge < -0.3 is 10.1 Å². The second kappa shape index (κ2) is 5.93. The van der Waals surface area contributed by atoms with Crippen molar-refractivity contribution in [2.24, 2.45) is 0 Å². The maximum absolute atomic E-state index is 12.8. The van der Waals surface area contributed by atoms with E-state index in [0.717, 1.165) is 16.4 Å². The van der Waals surface area contributed by atoms with Crippen molar-refractivity contribution in [2.45, 2.75) is 13.0 Å². The summed E-state index contributed by atoms with van der Waals surface area (Å²) in [4.78, 5) is 4.45. The Morgan fingerprint density at radius 2 is 2.11 bits per heavy atom. The molecule has 1 aromatic heterocycles. The molecule has 1 atom stereocenters. The van der Waals surface area contributed by atoms with E-state index < -0.39 is 0 Å². The Kier molecular flexibility index (Phi) is 4.28. The van der Waals surface area contributed by atoms with E-state index >= 15 is 0 Å². The molecule has 5 heteroatoms. The lowest BCUT2D eigenvalue weighted by Crippen LogP contribution is -2.17. The summed E-state index contributed by atoms with van der Waals surface area (Å²) in [5.74, 6) is -0.235. The van der Waals surface area contributed by atoms with E-state index in [1.165, 1.54) is 23.5 Å². The van der Waals surface area contributed by atoms with Crippen LogP contribution in [0.5, 0.6) is 0 Å². The number of nitrogens with zero attached hydrogens (tertiary/aromatic N) is 1. The third kappa shape index (κ3) is 3.27. The topological polar surface area (TPSA) is 34.1 Å². The standard InChI is InChI=1S/C13H15FN2OS/c1-9(17-2)7-15-13-16-12(8-18-13)10-3-5-11(14)6-4-10/h3-6,8-9H,7H2,1-2H3,(H,15,16). The Labute approximate surface area is 110 Å². The molecule has 0 radical (unpaired) electrons. The molecule has 0 amide bonds. The maximum Gasteiger partial charge on any atom is 0.183 e. The van der Waals surface area contributed by atoms with Crippen LogP contribution in [0.2, 0.25) is 0 Å². The van der Waals surface area contributed by atoms with Crippen molar-refractivity contribution in [1.82, 2.24) is 4.98 Å². The molecule has 1 heterocycles. The van der Waals surface area contributed by atoms with Gasteiger partial charge in [-0.2, -0.15) is 0 Å². The predicted octanol–water partition coefficient (Wildman–Crippen LogP) is 3.40. The summed E-state index contributed by atoms with van der Waals surface area (Å²) in [5, 5.41) is 6.00. The number of aromatic nitrogens is 1. The summed E-state index contributed by atoms with van der Waals surface area (Å²) >= 11 is 1.53. The zero-order valence-electron chi connectivity index (χ0n) is 10.3. The third-order valence-electron chi connectivity index (χ3n) is 2.59. The molecule has 0 fully saturated rings. The van der Waals surface area contributed by atoms with Crippen LogP contribution in [0.4, 0.5) is 9.52 Å². The van der Waals surface area contributed by atoms with Crippen LogP contribution >= 0.6 is 11.3 Å². The zero-order valence-corrected chi connectivity index (χ0v) is 11.1. The summed E-state index contributed by atoms with van der Waals surface area (Å²) in [6.45, 7) is 2.70. The average molecular weight is 266 g/mol. The number of hydrogen-bond donors (Lipinski definition) is 1. The molecule has 1 unspecified atom stereocenters. The lowest BCUT2D eigenvalue weighted by atomic mass is 10.2. The maximum atomic E-state index is 12.8. The van der Waals surface area contributed by atoms with Crippen molar-refractivity contribution >= 4 is 16.5 Å². The molecule has 1 N–H and O–H groups in total. The number of nitrogens with one attached hydrogen (secondary N) is 1. The molecule has 0 aliphatic carbocycles. The first kappa shape index (κ1) is 13.0. The molecule has 96 valence electrons. The highest BCUT2D eigenvalue weighted by molar-refractivity contribution is 7.14. The Morgan fingerprint density at radius 3 is 2.78 bits per heavy atom. The molecule has 1 aromatic carbocycles. The van der Waals surface area contributed by atoms with Crippen molar-refractivity contribution in [3.63, 3.8) is 0 Å². The molecule has 0 saturated heterocycles. The highest BCUT2D eigenvalue weighted by Crippen LogP contribution is 2.24. The Bertz CT molecular complexity index is 498. The van der Waals surface area contributed by atoms with Gasteiger partial charge in [0.2, 0.25) is 0 Å². The number of halogens is 1. The number of thiazole rings is 1. The second-order valence-corrected chi connectivity index (χ2v) is 4.83. The third-order valence-corrected chi connectivity index (χ3v) is 3.39. The van der Waals surface area contributed by atoms with Crippen molar-refractivity contribution in [2.75, 3.05) is 19.0 Å². The number of rotatable bonds is 5. The number of methoxy groups -OCH3 is 1. The van der Waals surface area contributed by atoms with Crippen LogP contribution in [-0.2, 0) is 4.74 Å². The van der Waals surface area contributed by atoms with Crippen molar-refractivity contribution < 1.29 is 9.13 Å². The monoisotopic (exact) mass is 266 g/mol. The van der Waals surface area contributed by atoms with E-state index in [0.29, 0.717) is 6.54 Å². The Morgan fingerprint density at radius 1 is 1.39 bits per heavy atom. The fourth-order valence-corrected chi connectivity index (χ4v) is 2.15. The smallest absolute Gasteiger partial charge is 0.183 e. The van der Waals surface area contributed by atoms with Gasteiger partial charge in [0.25, 0.3) is 0 Å². The first-order valence-electron chi connectivity index (χ1n) is 5.67. The van der Waals surface area contributed by atoms with Crippen LogP contribution in [0, 0.1) is 5.82 Å². The van der Waals surface area contributed by atoms with Gasteiger partial charge in [0.05, 0.1) is 11.8 Å². The largest absolute Gasteiger partial charge is 0.380 e. The Balaban J connectivity index is 2.03. The lowest BCUT2D eigenvalue weighted by molar-refractivity contribution is 0.129. The summed E-state index contributed by atoms with van der Waals surface area (Å²) in [5.41, 5.74) is 1.77. The number of hydrogen-bond acceptors (Lipinski definition) is 4. The van der Waals surface area contributed by atoms with E-state index in [2.05, 4.69) is 10.3 Å². The SMILES string of the molecule is COC(C)CNc1nc(-c2ccc(F)cc2)cs1. The van der Waals surface area contributed by atoms with Crippen LogP contribution in [0.1, 0.15) is 6.92 Å². The van der Waals surface area contributed by atoms with Gasteiger partial charge in [0.15, 0.2) is 5.13 Å². The molecule has 18 heavy (non-hydrogen) atoms. The van der Waals surface area contributed by atoms with E-state index in [4.69, 9.17) is 4.74 Å². The molecule has 0 aliphatic rings. The highest BCUT2D eigenvalue weighted by Gasteiger charge is 2.05. The van der Waals surface area contributed by atoms with Crippen molar-refractivity contribution in [3.8, 4) is 11.3 Å². The van der Waals surface area contributed by atoms with E-state index in [1.54, 1.807) is 19.2 Å². The minimum absolute atomic E-state index is 0.142. The van der Waals surface area contributed by atoms with Crippen LogP contribution in [0.3, 0.4) is 0 Å². The van der Waals surface area contributed by atoms with Gasteiger partial charge in [0.1, 0.15) is 5.82 Å². The van der Waals surface area contributed by atoms with E-state index in [1.807, 2.05) is 12.3 Å². The number of ether oxygens (including phenoxy) is 1. The van der Waals surface area contributed by atoms with Gasteiger partial charge in [0, 0.05) is 24.6 Å². The molecule has 0 spiro atoms. The molecule has 0 saturated carbocycles. The van der Waals surface area contributed by atoms with Gasteiger partial charge in [-0.15, -0.1) is 11.3 Å². The minimum atomic E-state index is -0.235. The van der Waals surface area contributed by atoms with E-state index in [9.17, 15) is 4.39 Å². The summed E-state index contributed by atoms with van der Waals surface area (Å²) < 4.78 is 18.0. The quantitative estimate of drug-likeness (QED) is 0.900. The van der Waals surface area contributed by atoms with Gasteiger partial charge in [-0.3, -0.25) is 0 Å². The average Bonchev–Trinajstić information content (AvgIpc) is 2.85. The van der Waals surface area contributed by atoms with Gasteiger partial charge in [-0.25, -0.2) is 9.37 Å². The molecular weight excluding hydrogens is 251 g/mol. The van der Waals surface area contributed by atoms with Crippen LogP contribution in [0.15, 0.2) is 29.6 Å². The number of benzene rings is 1. The Hall–Kier alpha value is -1.46. The molecule has 2 rings (SSSR count). The van der Waals surface area contributed by atoms with Gasteiger partial charge >= 0.3 is 0 Å². The molecule has 3 nitrogen and oxygen atoms in total.